The van der Waals surface area contributed by atoms with Crippen molar-refractivity contribution in [2.75, 3.05) is 6.54 Å². The summed E-state index contributed by atoms with van der Waals surface area (Å²) in [7, 11) is -4.09. The molecule has 3 fully saturated rings. The van der Waals surface area contributed by atoms with Gasteiger partial charge in [-0.25, -0.2) is 22.6 Å². The van der Waals surface area contributed by atoms with Crippen molar-refractivity contribution in [2.45, 2.75) is 126 Å². The number of benzene rings is 1. The van der Waals surface area contributed by atoms with Crippen LogP contribution in [0, 0.1) is 23.6 Å². The van der Waals surface area contributed by atoms with Crippen molar-refractivity contribution in [3.8, 4) is 5.88 Å². The average Bonchev–Trinajstić information content (AvgIpc) is 4.00. The van der Waals surface area contributed by atoms with Crippen LogP contribution in [0.2, 0.25) is 0 Å². The molecule has 1 aromatic heterocycles. The van der Waals surface area contributed by atoms with Crippen molar-refractivity contribution in [1.29, 1.82) is 0 Å². The molecule has 4 aliphatic rings. The molecule has 1 saturated heterocycles. The lowest BCUT2D eigenvalue weighted by Crippen LogP contribution is -2.60. The molecule has 4 amide bonds. The van der Waals surface area contributed by atoms with E-state index in [4.69, 9.17) is 9.47 Å². The van der Waals surface area contributed by atoms with Gasteiger partial charge in [-0.05, 0) is 101 Å². The highest BCUT2D eigenvalue weighted by Gasteiger charge is 2.63. The fraction of sp³-hybridized carbons (Fsp3) is 0.615. The quantitative estimate of drug-likeness (QED) is 0.232. The smallest absolute Gasteiger partial charge is 0.427 e. The van der Waals surface area contributed by atoms with Gasteiger partial charge in [-0.1, -0.05) is 32.4 Å². The number of hydrogen-bond acceptors (Lipinski definition) is 9. The molecule has 0 radical (unpaired) electrons. The number of allylic oxidation sites excluding steroid dienone is 1. The van der Waals surface area contributed by atoms with Gasteiger partial charge in [0, 0.05) is 23.9 Å². The van der Waals surface area contributed by atoms with Crippen molar-refractivity contribution in [3.63, 3.8) is 0 Å². The van der Waals surface area contributed by atoms with E-state index in [1.165, 1.54) is 36.2 Å². The summed E-state index contributed by atoms with van der Waals surface area (Å²) in [5.41, 5.74) is -4.56. The predicted octanol–water partition coefficient (Wildman–Crippen LogP) is 5.43. The molecule has 57 heavy (non-hydrogen) atoms. The van der Waals surface area contributed by atoms with Gasteiger partial charge < -0.3 is 25.0 Å². The fourth-order valence-corrected chi connectivity index (χ4v) is 8.95. The number of nitrogens with zero attached hydrogens (tertiary/aromatic N) is 2. The van der Waals surface area contributed by atoms with Crippen LogP contribution in [0.5, 0.6) is 5.88 Å². The topological polar surface area (TPSA) is 173 Å². The maximum absolute atomic E-state index is 14.8. The second kappa shape index (κ2) is 15.4. The molecular formula is C39H49F4N5O8S. The normalized spacial score (nSPS) is 29.8. The Kier molecular flexibility index (Phi) is 11.4. The average molecular weight is 824 g/mol. The summed E-state index contributed by atoms with van der Waals surface area (Å²) >= 11 is 0. The molecule has 6 rings (SSSR count). The number of aromatic nitrogens is 1. The van der Waals surface area contributed by atoms with E-state index in [2.05, 4.69) is 20.3 Å². The second-order valence-electron chi connectivity index (χ2n) is 16.7. The van der Waals surface area contributed by atoms with Crippen molar-refractivity contribution < 1.29 is 54.6 Å². The van der Waals surface area contributed by atoms with Gasteiger partial charge in [-0.3, -0.25) is 19.1 Å². The number of halogens is 4. The van der Waals surface area contributed by atoms with Crippen LogP contribution < -0.4 is 20.1 Å². The number of fused-ring (bicyclic) bond motifs is 3. The molecule has 3 heterocycles. The number of carbonyl (C=O) groups is 4. The van der Waals surface area contributed by atoms with E-state index >= 15 is 0 Å². The van der Waals surface area contributed by atoms with Crippen LogP contribution in [0.1, 0.15) is 86.0 Å². The Balaban J connectivity index is 1.36. The summed E-state index contributed by atoms with van der Waals surface area (Å²) in [6, 6.07) is 2.76. The first-order chi connectivity index (χ1) is 26.6. The van der Waals surface area contributed by atoms with E-state index in [1.807, 2.05) is 13.0 Å². The Bertz CT molecular complexity index is 2060. The molecule has 0 bridgehead atoms. The highest BCUT2D eigenvalue weighted by atomic mass is 32.2. The Morgan fingerprint density at radius 2 is 1.84 bits per heavy atom. The van der Waals surface area contributed by atoms with Crippen molar-refractivity contribution >= 4 is 44.6 Å². The summed E-state index contributed by atoms with van der Waals surface area (Å²) in [5, 5.41) is 6.09. The highest BCUT2D eigenvalue weighted by Crippen LogP contribution is 2.48. The number of hydrogen-bond donors (Lipinski definition) is 3. The van der Waals surface area contributed by atoms with Gasteiger partial charge in [0.15, 0.2) is 0 Å². The monoisotopic (exact) mass is 823 g/mol. The number of sulfonamides is 1. The zero-order valence-electron chi connectivity index (χ0n) is 32.5. The third kappa shape index (κ3) is 8.70. The minimum atomic E-state index is -4.93. The van der Waals surface area contributed by atoms with Gasteiger partial charge in [0.1, 0.15) is 29.5 Å². The molecule has 312 valence electrons. The van der Waals surface area contributed by atoms with Crippen LogP contribution in [0.25, 0.3) is 10.8 Å². The van der Waals surface area contributed by atoms with Crippen LogP contribution >= 0.6 is 0 Å². The minimum absolute atomic E-state index is 0.0476. The van der Waals surface area contributed by atoms with E-state index in [-0.39, 0.29) is 31.2 Å². The van der Waals surface area contributed by atoms with Gasteiger partial charge in [-0.2, -0.15) is 13.2 Å². The molecule has 7 atom stereocenters. The van der Waals surface area contributed by atoms with Gasteiger partial charge in [-0.15, -0.1) is 0 Å². The molecule has 0 unspecified atom stereocenters. The molecule has 3 N–H and O–H groups in total. The Hall–Kier alpha value is -4.48. The van der Waals surface area contributed by atoms with Gasteiger partial charge in [0.25, 0.3) is 5.91 Å². The van der Waals surface area contributed by atoms with E-state index in [9.17, 15) is 45.2 Å². The summed E-state index contributed by atoms with van der Waals surface area (Å²) < 4.78 is 93.8. The summed E-state index contributed by atoms with van der Waals surface area (Å²) in [4.78, 5) is 61.8. The summed E-state index contributed by atoms with van der Waals surface area (Å²) in [6.07, 6.45) is 0.204. The molecule has 2 aliphatic carbocycles. The largest absolute Gasteiger partial charge is 0.472 e. The number of pyridine rings is 1. The van der Waals surface area contributed by atoms with Crippen LogP contribution in [0.4, 0.5) is 22.4 Å². The minimum Gasteiger partial charge on any atom is -0.472 e. The van der Waals surface area contributed by atoms with E-state index in [0.29, 0.717) is 63.1 Å². The molecular weight excluding hydrogens is 775 g/mol. The molecule has 2 aliphatic heterocycles. The van der Waals surface area contributed by atoms with Crippen LogP contribution in [0.3, 0.4) is 0 Å². The number of carbonyl (C=O) groups excluding carboxylic acids is 4. The number of ether oxygens (including phenoxy) is 2. The maximum Gasteiger partial charge on any atom is 0.427 e. The first kappa shape index (κ1) is 42.1. The fourth-order valence-electron chi connectivity index (χ4n) is 7.63. The SMILES string of the molecule is CC[C@@H]1C[C@H](C)CC/C=C\[C@@H]2C[C@@]2(C(=O)NS(=O)(=O)C2(C)CC2)NC(=O)[C@@H]2C[C@@H](Oc3nccc4cc(F)ccc34)CN2C(=O)[C@H]1NC(=O)OC(C)(C)C(F)(F)F. The van der Waals surface area contributed by atoms with Crippen molar-refractivity contribution in [2.24, 2.45) is 17.8 Å². The summed E-state index contributed by atoms with van der Waals surface area (Å²) in [5.74, 6) is -4.14. The Morgan fingerprint density at radius 1 is 1.12 bits per heavy atom. The number of alkyl carbamates (subject to hydrolysis) is 1. The number of alkyl halides is 3. The van der Waals surface area contributed by atoms with Gasteiger partial charge in [0.2, 0.25) is 33.3 Å². The second-order valence-corrected chi connectivity index (χ2v) is 18.9. The molecule has 13 nitrogen and oxygen atoms in total. The molecule has 0 spiro atoms. The van der Waals surface area contributed by atoms with Gasteiger partial charge in [0.05, 0.1) is 11.3 Å². The molecule has 2 saturated carbocycles. The summed E-state index contributed by atoms with van der Waals surface area (Å²) in [6.45, 7) is 6.36. The third-order valence-electron chi connectivity index (χ3n) is 11.9. The standard InChI is InChI=1S/C39H49F4N5O8S/c1-6-23-17-22(2)9-7-8-10-25-20-38(25,34(51)47-57(53,54)37(5)14-15-37)46-31(49)29-19-27(55-32-28-12-11-26(40)18-24(28)13-16-44-32)21-48(29)33(50)30(23)45-35(52)56-36(3,4)39(41,42)43/h8,10-13,16,18,22-23,25,27,29-30H,6-7,9,14-15,17,19-21H2,1-5H3,(H,45,52)(H,46,49)(H,47,51)/b10-8-/t22-,23-,25-,27-,29+,30+,38-/m1/s1. The number of rotatable bonds is 8. The lowest BCUT2D eigenvalue weighted by atomic mass is 9.85. The zero-order valence-corrected chi connectivity index (χ0v) is 33.3. The van der Waals surface area contributed by atoms with Crippen LogP contribution in [0.15, 0.2) is 42.6 Å². The molecule has 18 heteroatoms. The number of amides is 4. The first-order valence-electron chi connectivity index (χ1n) is 19.2. The van der Waals surface area contributed by atoms with Crippen LogP contribution in [-0.2, 0) is 29.1 Å². The van der Waals surface area contributed by atoms with E-state index in [1.54, 1.807) is 19.1 Å². The first-order valence-corrected chi connectivity index (χ1v) is 20.7. The lowest BCUT2D eigenvalue weighted by molar-refractivity contribution is -0.244. The lowest BCUT2D eigenvalue weighted by Gasteiger charge is -2.35. The van der Waals surface area contributed by atoms with Crippen LogP contribution in [-0.4, -0.2) is 88.9 Å². The molecule has 1 aromatic carbocycles. The van der Waals surface area contributed by atoms with Gasteiger partial charge >= 0.3 is 12.3 Å². The third-order valence-corrected chi connectivity index (χ3v) is 14.0. The van der Waals surface area contributed by atoms with Crippen molar-refractivity contribution in [3.05, 3.63) is 48.4 Å². The predicted molar refractivity (Wildman–Crippen MR) is 199 cm³/mol. The van der Waals surface area contributed by atoms with E-state index < -0.39 is 91.7 Å². The van der Waals surface area contributed by atoms with Crippen molar-refractivity contribution in [1.82, 2.24) is 25.2 Å². The Labute approximate surface area is 328 Å². The number of nitrogens with one attached hydrogen (secondary N) is 3. The highest BCUT2D eigenvalue weighted by molar-refractivity contribution is 7.91. The molecule has 2 aromatic rings. The zero-order chi connectivity index (χ0) is 41.7. The Morgan fingerprint density at radius 3 is 2.51 bits per heavy atom. The maximum atomic E-state index is 14.8. The van der Waals surface area contributed by atoms with E-state index in [0.717, 1.165) is 0 Å².